The van der Waals surface area contributed by atoms with Gasteiger partial charge in [-0.3, -0.25) is 14.9 Å². The number of rotatable bonds is 6. The van der Waals surface area contributed by atoms with Crippen LogP contribution >= 0.6 is 0 Å². The van der Waals surface area contributed by atoms with Crippen LogP contribution in [0.15, 0.2) is 48.5 Å². The normalized spacial score (nSPS) is 18.2. The molecule has 0 unspecified atom stereocenters. The molecule has 37 heavy (non-hydrogen) atoms. The molecular formula is C28H35N5O4. The molecule has 9 nitrogen and oxygen atoms in total. The van der Waals surface area contributed by atoms with E-state index in [2.05, 4.69) is 15.5 Å². The van der Waals surface area contributed by atoms with Crippen molar-refractivity contribution in [3.63, 3.8) is 0 Å². The number of amides is 3. The number of piperazine rings is 1. The van der Waals surface area contributed by atoms with Crippen LogP contribution < -0.4 is 15.5 Å². The van der Waals surface area contributed by atoms with Crippen molar-refractivity contribution in [2.24, 2.45) is 5.92 Å². The average Bonchev–Trinajstić information content (AvgIpc) is 3.80. The van der Waals surface area contributed by atoms with E-state index >= 15 is 0 Å². The number of nitrogens with one attached hydrogen (secondary N) is 2. The van der Waals surface area contributed by atoms with Crippen LogP contribution in [0.3, 0.4) is 0 Å². The molecule has 2 saturated heterocycles. The number of carbonyl (C=O) groups excluding carboxylic acids is 3. The number of hydrogen-bond acceptors (Lipinski definition) is 6. The molecule has 2 aromatic rings. The lowest BCUT2D eigenvalue weighted by molar-refractivity contribution is -0.132. The highest BCUT2D eigenvalue weighted by Gasteiger charge is 2.35. The highest BCUT2D eigenvalue weighted by Crippen LogP contribution is 2.33. The molecule has 3 aliphatic rings. The molecule has 0 bridgehead atoms. The fraction of sp³-hybridized carbons (Fsp3) is 0.464. The van der Waals surface area contributed by atoms with Crippen molar-refractivity contribution in [1.29, 1.82) is 0 Å². The average molecular weight is 506 g/mol. The van der Waals surface area contributed by atoms with Crippen LogP contribution in [-0.2, 0) is 16.1 Å². The second-order valence-electron chi connectivity index (χ2n) is 9.90. The highest BCUT2D eigenvalue weighted by molar-refractivity contribution is 5.98. The maximum atomic E-state index is 13.3. The van der Waals surface area contributed by atoms with E-state index in [1.54, 1.807) is 6.07 Å². The molecule has 2 aromatic carbocycles. The summed E-state index contributed by atoms with van der Waals surface area (Å²) < 4.78 is 5.46. The minimum Gasteiger partial charge on any atom is -0.444 e. The van der Waals surface area contributed by atoms with Crippen molar-refractivity contribution < 1.29 is 19.1 Å². The van der Waals surface area contributed by atoms with Crippen LogP contribution in [0.5, 0.6) is 0 Å². The Morgan fingerprint density at radius 2 is 1.68 bits per heavy atom. The van der Waals surface area contributed by atoms with Crippen LogP contribution in [-0.4, -0.2) is 80.1 Å². The number of ether oxygens (including phenoxy) is 1. The Morgan fingerprint density at radius 3 is 2.43 bits per heavy atom. The zero-order chi connectivity index (χ0) is 25.6. The second kappa shape index (κ2) is 11.6. The van der Waals surface area contributed by atoms with Crippen LogP contribution in [0, 0.1) is 5.92 Å². The first-order chi connectivity index (χ1) is 18.1. The van der Waals surface area contributed by atoms with Gasteiger partial charge in [0.1, 0.15) is 6.61 Å². The Bertz CT molecular complexity index is 1100. The Hall–Kier alpha value is -3.59. The maximum absolute atomic E-state index is 13.3. The van der Waals surface area contributed by atoms with Crippen molar-refractivity contribution in [2.45, 2.75) is 25.9 Å². The first kappa shape index (κ1) is 25.1. The van der Waals surface area contributed by atoms with Gasteiger partial charge in [-0.25, -0.2) is 4.79 Å². The van der Waals surface area contributed by atoms with E-state index in [4.69, 9.17) is 4.74 Å². The van der Waals surface area contributed by atoms with Gasteiger partial charge in [-0.15, -0.1) is 0 Å². The van der Waals surface area contributed by atoms with Gasteiger partial charge in [0, 0.05) is 57.3 Å². The molecule has 9 heteroatoms. The molecule has 0 aromatic heterocycles. The minimum absolute atomic E-state index is 0.0456. The summed E-state index contributed by atoms with van der Waals surface area (Å²) in [5, 5.41) is 6.21. The highest BCUT2D eigenvalue weighted by atomic mass is 16.5. The molecule has 5 rings (SSSR count). The van der Waals surface area contributed by atoms with Gasteiger partial charge in [-0.2, -0.15) is 0 Å². The van der Waals surface area contributed by atoms with Gasteiger partial charge >= 0.3 is 6.09 Å². The fourth-order valence-electron chi connectivity index (χ4n) is 4.90. The summed E-state index contributed by atoms with van der Waals surface area (Å²) in [6.07, 6.45) is 2.34. The van der Waals surface area contributed by atoms with E-state index < -0.39 is 6.09 Å². The summed E-state index contributed by atoms with van der Waals surface area (Å²) in [5.74, 6) is 0.425. The zero-order valence-corrected chi connectivity index (χ0v) is 21.2. The molecule has 2 aliphatic heterocycles. The summed E-state index contributed by atoms with van der Waals surface area (Å²) in [4.78, 5) is 44.5. The lowest BCUT2D eigenvalue weighted by atomic mass is 10.1. The molecule has 0 radical (unpaired) electrons. The molecule has 0 atom stereocenters. The predicted molar refractivity (Wildman–Crippen MR) is 142 cm³/mol. The minimum atomic E-state index is -0.573. The van der Waals surface area contributed by atoms with Crippen LogP contribution in [0.2, 0.25) is 0 Å². The van der Waals surface area contributed by atoms with Crippen LogP contribution in [0.25, 0.3) is 0 Å². The molecule has 3 amide bonds. The van der Waals surface area contributed by atoms with Crippen molar-refractivity contribution >= 4 is 29.3 Å². The first-order valence-corrected chi connectivity index (χ1v) is 13.2. The smallest absolute Gasteiger partial charge is 0.412 e. The topological polar surface area (TPSA) is 94.2 Å². The van der Waals surface area contributed by atoms with Gasteiger partial charge in [0.05, 0.1) is 11.4 Å². The molecule has 2 heterocycles. The first-order valence-electron chi connectivity index (χ1n) is 13.2. The summed E-state index contributed by atoms with van der Waals surface area (Å²) >= 11 is 0. The Morgan fingerprint density at radius 1 is 0.892 bits per heavy atom. The number of carbonyl (C=O) groups is 3. The Kier molecular flexibility index (Phi) is 7.89. The van der Waals surface area contributed by atoms with Crippen molar-refractivity contribution in [2.75, 3.05) is 62.6 Å². The van der Waals surface area contributed by atoms with E-state index in [0.717, 1.165) is 43.6 Å². The van der Waals surface area contributed by atoms with Crippen molar-refractivity contribution in [3.8, 4) is 0 Å². The lowest BCUT2D eigenvalue weighted by Crippen LogP contribution is -2.49. The largest absolute Gasteiger partial charge is 0.444 e. The predicted octanol–water partition coefficient (Wildman–Crippen LogP) is 2.93. The summed E-state index contributed by atoms with van der Waals surface area (Å²) in [7, 11) is 0. The Balaban J connectivity index is 1.31. The van der Waals surface area contributed by atoms with E-state index in [1.807, 2.05) is 52.3 Å². The van der Waals surface area contributed by atoms with E-state index in [1.165, 1.54) is 0 Å². The van der Waals surface area contributed by atoms with Gasteiger partial charge in [0.2, 0.25) is 5.91 Å². The molecule has 2 N–H and O–H groups in total. The van der Waals surface area contributed by atoms with Gasteiger partial charge in [0.25, 0.3) is 5.91 Å². The summed E-state index contributed by atoms with van der Waals surface area (Å²) in [6, 6.07) is 15.0. The van der Waals surface area contributed by atoms with E-state index in [-0.39, 0.29) is 24.3 Å². The third-order valence-corrected chi connectivity index (χ3v) is 7.18. The number of nitrogens with zero attached hydrogens (tertiary/aromatic N) is 3. The van der Waals surface area contributed by atoms with Crippen molar-refractivity contribution in [1.82, 2.24) is 15.1 Å². The van der Waals surface area contributed by atoms with Crippen molar-refractivity contribution in [3.05, 3.63) is 59.7 Å². The molecule has 1 saturated carbocycles. The second-order valence-corrected chi connectivity index (χ2v) is 9.90. The van der Waals surface area contributed by atoms with Gasteiger partial charge in [-0.1, -0.05) is 30.3 Å². The molecule has 1 aliphatic carbocycles. The van der Waals surface area contributed by atoms with E-state index in [9.17, 15) is 14.4 Å². The van der Waals surface area contributed by atoms with Gasteiger partial charge < -0.3 is 24.8 Å². The third-order valence-electron chi connectivity index (χ3n) is 7.18. The zero-order valence-electron chi connectivity index (χ0n) is 21.2. The van der Waals surface area contributed by atoms with Gasteiger partial charge in [-0.05, 0) is 49.6 Å². The van der Waals surface area contributed by atoms with Gasteiger partial charge in [0.15, 0.2) is 0 Å². The number of benzene rings is 2. The molecule has 3 fully saturated rings. The molecule has 196 valence electrons. The fourth-order valence-corrected chi connectivity index (χ4v) is 4.90. The molecule has 0 spiro atoms. The van der Waals surface area contributed by atoms with Crippen LogP contribution in [0.1, 0.15) is 35.2 Å². The van der Waals surface area contributed by atoms with E-state index in [0.29, 0.717) is 50.5 Å². The number of hydrogen-bond donors (Lipinski definition) is 2. The summed E-state index contributed by atoms with van der Waals surface area (Å²) in [6.45, 7) is 5.80. The third kappa shape index (κ3) is 6.40. The standard InChI is InChI=1S/C28H35N5O4/c34-26(22-7-8-22)33-17-15-31(16-18-33)25-10-9-23(27(35)32-13-4-11-29-12-14-32)19-24(25)30-28(36)37-20-21-5-2-1-3-6-21/h1-3,5-6,9-10,19,22,29H,4,7-8,11-18,20H2,(H,30,36). The van der Waals surface area contributed by atoms with Crippen LogP contribution in [0.4, 0.5) is 16.2 Å². The Labute approximate surface area is 217 Å². The molecular weight excluding hydrogens is 470 g/mol. The SMILES string of the molecule is O=C(Nc1cc(C(=O)N2CCCNCC2)ccc1N1CCN(C(=O)C2CC2)CC1)OCc1ccccc1. The quantitative estimate of drug-likeness (QED) is 0.627. The summed E-state index contributed by atoms with van der Waals surface area (Å²) in [5.41, 5.74) is 2.79. The maximum Gasteiger partial charge on any atom is 0.412 e. The monoisotopic (exact) mass is 505 g/mol. The lowest BCUT2D eigenvalue weighted by Gasteiger charge is -2.37. The number of anilines is 2.